The normalized spacial score (nSPS) is 10.9. The molecule has 0 spiro atoms. The van der Waals surface area contributed by atoms with E-state index < -0.39 is 0 Å². The van der Waals surface area contributed by atoms with Crippen molar-refractivity contribution in [3.8, 4) is 89.7 Å². The molecule has 8 aromatic carbocycles. The van der Waals surface area contributed by atoms with E-state index in [1.54, 1.807) is 0 Å². The number of hydrogen-bond donors (Lipinski definition) is 0. The molecule has 1 radical (unpaired) electrons. The fraction of sp³-hybridized carbons (Fsp3) is 0. The van der Waals surface area contributed by atoms with Crippen molar-refractivity contribution in [1.82, 2.24) is 15.0 Å². The van der Waals surface area contributed by atoms with Crippen LogP contribution in [0.15, 0.2) is 219 Å². The number of hydrogen-bond acceptors (Lipinski definition) is 3. The van der Waals surface area contributed by atoms with E-state index >= 15 is 0 Å². The first-order chi connectivity index (χ1) is 28.7. The SMILES string of the molecule is [Ir].[c-]1ccc(-c2nc(-c3cc(-c4ccccc4)cc(-c4ccccc4)c3)cc(-c3cc(-c4ccccc4)cc(-c4ccccc4)c3)n2)cc1-c1cc2ccccc2cn1. The van der Waals surface area contributed by atoms with Crippen LogP contribution in [0.3, 0.4) is 0 Å². The van der Waals surface area contributed by atoms with Gasteiger partial charge in [0.25, 0.3) is 0 Å². The Morgan fingerprint density at radius 3 is 1.17 bits per heavy atom. The fourth-order valence-corrected chi connectivity index (χ4v) is 7.60. The third-order valence-electron chi connectivity index (χ3n) is 10.6. The Balaban J connectivity index is 0.00000449. The molecule has 0 aliphatic carbocycles. The van der Waals surface area contributed by atoms with Gasteiger partial charge in [0.15, 0.2) is 0 Å². The van der Waals surface area contributed by atoms with Crippen LogP contribution in [0.25, 0.3) is 100 Å². The van der Waals surface area contributed by atoms with Crippen LogP contribution < -0.4 is 0 Å². The van der Waals surface area contributed by atoms with Crippen LogP contribution in [-0.4, -0.2) is 15.0 Å². The number of pyridine rings is 1. The van der Waals surface area contributed by atoms with Gasteiger partial charge in [-0.15, -0.1) is 29.8 Å². The monoisotopic (exact) mass is 931 g/mol. The molecule has 2 aromatic heterocycles. The Kier molecular flexibility index (Phi) is 10.7. The van der Waals surface area contributed by atoms with Gasteiger partial charge >= 0.3 is 0 Å². The van der Waals surface area contributed by atoms with Crippen molar-refractivity contribution in [2.75, 3.05) is 0 Å². The van der Waals surface area contributed by atoms with Crippen molar-refractivity contribution < 1.29 is 20.1 Å². The van der Waals surface area contributed by atoms with Crippen LogP contribution in [-0.2, 0) is 20.1 Å². The molecule has 4 heteroatoms. The summed E-state index contributed by atoms with van der Waals surface area (Å²) in [5.74, 6) is 0.626. The summed E-state index contributed by atoms with van der Waals surface area (Å²) in [6, 6.07) is 77.8. The minimum atomic E-state index is 0. The average molecular weight is 931 g/mol. The van der Waals surface area contributed by atoms with Gasteiger partial charge in [-0.25, -0.2) is 9.97 Å². The summed E-state index contributed by atoms with van der Waals surface area (Å²) in [4.78, 5) is 15.6. The van der Waals surface area contributed by atoms with Crippen molar-refractivity contribution in [3.63, 3.8) is 0 Å². The maximum absolute atomic E-state index is 5.37. The second kappa shape index (κ2) is 16.8. The molecule has 59 heavy (non-hydrogen) atoms. The number of nitrogens with zero attached hydrogens (tertiary/aromatic N) is 3. The third-order valence-corrected chi connectivity index (χ3v) is 10.6. The minimum absolute atomic E-state index is 0. The summed E-state index contributed by atoms with van der Waals surface area (Å²) < 4.78 is 0. The van der Waals surface area contributed by atoms with E-state index in [9.17, 15) is 0 Å². The van der Waals surface area contributed by atoms with Gasteiger partial charge in [0, 0.05) is 37.4 Å². The Morgan fingerprint density at radius 1 is 0.305 bits per heavy atom. The number of aromatic nitrogens is 3. The molecule has 0 fully saturated rings. The quantitative estimate of drug-likeness (QED) is 0.143. The molecule has 10 rings (SSSR count). The van der Waals surface area contributed by atoms with E-state index in [0.717, 1.165) is 94.6 Å². The van der Waals surface area contributed by atoms with Crippen molar-refractivity contribution in [2.24, 2.45) is 0 Å². The molecule has 10 aromatic rings. The van der Waals surface area contributed by atoms with Crippen LogP contribution in [0.1, 0.15) is 0 Å². The Bertz CT molecular complexity index is 2780. The third kappa shape index (κ3) is 8.06. The molecule has 2 heterocycles. The zero-order valence-electron chi connectivity index (χ0n) is 32.0. The Hall–Kier alpha value is -7.10. The van der Waals surface area contributed by atoms with Crippen molar-refractivity contribution in [1.29, 1.82) is 0 Å². The Labute approximate surface area is 358 Å². The van der Waals surface area contributed by atoms with Crippen LogP contribution in [0.2, 0.25) is 0 Å². The summed E-state index contributed by atoms with van der Waals surface area (Å²) in [5, 5.41) is 2.23. The zero-order valence-corrected chi connectivity index (χ0v) is 34.4. The number of rotatable bonds is 8. The molecule has 281 valence electrons. The topological polar surface area (TPSA) is 38.7 Å². The number of benzene rings is 8. The van der Waals surface area contributed by atoms with Crippen LogP contribution in [0, 0.1) is 6.07 Å². The van der Waals surface area contributed by atoms with Crippen LogP contribution in [0.5, 0.6) is 0 Å². The van der Waals surface area contributed by atoms with E-state index in [0.29, 0.717) is 5.82 Å². The van der Waals surface area contributed by atoms with Crippen LogP contribution in [0.4, 0.5) is 0 Å². The molecule has 0 aliphatic rings. The van der Waals surface area contributed by atoms with Gasteiger partial charge in [-0.1, -0.05) is 157 Å². The summed E-state index contributed by atoms with van der Waals surface area (Å²) in [5.41, 5.74) is 15.4. The maximum atomic E-state index is 5.37. The van der Waals surface area contributed by atoms with Gasteiger partial charge < -0.3 is 4.98 Å². The van der Waals surface area contributed by atoms with E-state index in [4.69, 9.17) is 15.0 Å². The molecular formula is C55H36IrN3-. The molecule has 0 atom stereocenters. The Morgan fingerprint density at radius 2 is 0.712 bits per heavy atom. The largest absolute Gasteiger partial charge is 0.304 e. The van der Waals surface area contributed by atoms with Crippen LogP contribution >= 0.6 is 0 Å². The summed E-state index contributed by atoms with van der Waals surface area (Å²) in [7, 11) is 0. The molecule has 3 nitrogen and oxygen atoms in total. The first-order valence-corrected chi connectivity index (χ1v) is 19.5. The molecule has 0 N–H and O–H groups in total. The first kappa shape index (κ1) is 37.5. The number of fused-ring (bicyclic) bond motifs is 1. The van der Waals surface area contributed by atoms with Crippen molar-refractivity contribution >= 4 is 10.8 Å². The predicted octanol–water partition coefficient (Wildman–Crippen LogP) is 14.2. The summed E-state index contributed by atoms with van der Waals surface area (Å²) >= 11 is 0. The maximum Gasteiger partial charge on any atom is 0.142 e. The second-order valence-electron chi connectivity index (χ2n) is 14.4. The van der Waals surface area contributed by atoms with E-state index in [1.807, 2.05) is 24.4 Å². The van der Waals surface area contributed by atoms with Gasteiger partial charge in [-0.05, 0) is 103 Å². The van der Waals surface area contributed by atoms with Gasteiger partial charge in [0.1, 0.15) is 5.82 Å². The standard InChI is InChI=1S/C55H36N3.Ir/c1-5-16-38(17-6-1)46-29-47(39-18-7-2-8-19-39)32-50(31-46)53-36-54(51-33-48(40-20-9-3-10-21-40)30-49(34-51)41-22-11-4-12-23-41)58-55(57-53)44-27-15-26-43(28-44)52-35-42-24-13-14-25-45(42)37-56-52;/h1-25,27-37H;/q-1;. The molecule has 0 saturated heterocycles. The molecule has 0 aliphatic heterocycles. The van der Waals surface area contributed by atoms with E-state index in [-0.39, 0.29) is 20.1 Å². The zero-order chi connectivity index (χ0) is 38.7. The molecular weight excluding hydrogens is 895 g/mol. The van der Waals surface area contributed by atoms with Gasteiger partial charge in [0.2, 0.25) is 0 Å². The van der Waals surface area contributed by atoms with Crippen molar-refractivity contribution in [2.45, 2.75) is 0 Å². The van der Waals surface area contributed by atoms with Gasteiger partial charge in [0.05, 0.1) is 11.4 Å². The summed E-state index contributed by atoms with van der Waals surface area (Å²) in [6.07, 6.45) is 1.93. The summed E-state index contributed by atoms with van der Waals surface area (Å²) in [6.45, 7) is 0. The molecule has 0 amide bonds. The molecule has 0 bridgehead atoms. The minimum Gasteiger partial charge on any atom is -0.304 e. The van der Waals surface area contributed by atoms with Gasteiger partial charge in [-0.2, -0.15) is 0 Å². The average Bonchev–Trinajstić information content (AvgIpc) is 3.32. The van der Waals surface area contributed by atoms with E-state index in [2.05, 4.69) is 200 Å². The first-order valence-electron chi connectivity index (χ1n) is 19.5. The van der Waals surface area contributed by atoms with Crippen molar-refractivity contribution in [3.05, 3.63) is 225 Å². The molecule has 0 saturated carbocycles. The second-order valence-corrected chi connectivity index (χ2v) is 14.4. The fourth-order valence-electron chi connectivity index (χ4n) is 7.60. The van der Waals surface area contributed by atoms with Gasteiger partial charge in [-0.3, -0.25) is 0 Å². The molecule has 0 unspecified atom stereocenters. The van der Waals surface area contributed by atoms with E-state index in [1.165, 1.54) is 0 Å². The smallest absolute Gasteiger partial charge is 0.142 e. The predicted molar refractivity (Wildman–Crippen MR) is 240 cm³/mol.